The van der Waals surface area contributed by atoms with E-state index >= 15 is 0 Å². The van der Waals surface area contributed by atoms with E-state index in [2.05, 4.69) is 25.5 Å². The molecule has 1 amide bonds. The first-order valence-electron chi connectivity index (χ1n) is 9.01. The summed E-state index contributed by atoms with van der Waals surface area (Å²) in [5.74, 6) is 0.766. The van der Waals surface area contributed by atoms with Crippen molar-refractivity contribution in [3.8, 4) is 22.6 Å². The standard InChI is InChI=1S/C21H19N5OS2/c1-13-3-7-15(8-4-13)17-11-28-20(22-17)23-18(27)12-29-21-24-19(25-26-21)16-9-5-14(2)6-10-16/h3-11H,12H2,1-2H3,(H,22,23,27)(H,24,25,26). The molecule has 0 radical (unpaired) electrons. The Morgan fingerprint density at radius 1 is 1.00 bits per heavy atom. The quantitative estimate of drug-likeness (QED) is 0.431. The van der Waals surface area contributed by atoms with Crippen molar-refractivity contribution in [1.29, 1.82) is 0 Å². The van der Waals surface area contributed by atoms with E-state index in [0.29, 0.717) is 16.1 Å². The second kappa shape index (κ2) is 8.59. The molecule has 0 aliphatic carbocycles. The van der Waals surface area contributed by atoms with Gasteiger partial charge in [0.2, 0.25) is 11.1 Å². The zero-order valence-corrected chi connectivity index (χ0v) is 17.6. The van der Waals surface area contributed by atoms with Gasteiger partial charge in [-0.3, -0.25) is 9.89 Å². The molecule has 0 saturated carbocycles. The predicted molar refractivity (Wildman–Crippen MR) is 118 cm³/mol. The molecule has 0 bridgehead atoms. The predicted octanol–water partition coefficient (Wildman–Crippen LogP) is 4.94. The molecule has 146 valence electrons. The van der Waals surface area contributed by atoms with Gasteiger partial charge in [-0.1, -0.05) is 71.4 Å². The minimum atomic E-state index is -0.138. The van der Waals surface area contributed by atoms with Gasteiger partial charge in [-0.15, -0.1) is 16.4 Å². The SMILES string of the molecule is Cc1ccc(-c2csc(NC(=O)CSc3n[nH]c(-c4ccc(C)cc4)n3)n2)cc1. The van der Waals surface area contributed by atoms with E-state index < -0.39 is 0 Å². The number of thiazole rings is 1. The van der Waals surface area contributed by atoms with Gasteiger partial charge in [0.05, 0.1) is 11.4 Å². The van der Waals surface area contributed by atoms with Crippen molar-refractivity contribution < 1.29 is 4.79 Å². The zero-order chi connectivity index (χ0) is 20.2. The van der Waals surface area contributed by atoms with Crippen LogP contribution in [0.1, 0.15) is 11.1 Å². The number of aromatic nitrogens is 4. The van der Waals surface area contributed by atoms with E-state index in [1.165, 1.54) is 34.2 Å². The number of benzene rings is 2. The van der Waals surface area contributed by atoms with Crippen molar-refractivity contribution in [2.45, 2.75) is 19.0 Å². The van der Waals surface area contributed by atoms with E-state index in [4.69, 9.17) is 0 Å². The summed E-state index contributed by atoms with van der Waals surface area (Å²) in [7, 11) is 0. The normalized spacial score (nSPS) is 10.8. The molecule has 0 saturated heterocycles. The largest absolute Gasteiger partial charge is 0.301 e. The minimum absolute atomic E-state index is 0.138. The zero-order valence-electron chi connectivity index (χ0n) is 16.0. The van der Waals surface area contributed by atoms with E-state index in [0.717, 1.165) is 16.8 Å². The first-order chi connectivity index (χ1) is 14.1. The highest BCUT2D eigenvalue weighted by Gasteiger charge is 2.11. The summed E-state index contributed by atoms with van der Waals surface area (Å²) < 4.78 is 0. The van der Waals surface area contributed by atoms with Crippen LogP contribution in [0.5, 0.6) is 0 Å². The molecule has 8 heteroatoms. The topological polar surface area (TPSA) is 83.6 Å². The summed E-state index contributed by atoms with van der Waals surface area (Å²) >= 11 is 2.69. The van der Waals surface area contributed by atoms with Crippen molar-refractivity contribution in [3.05, 3.63) is 65.0 Å². The van der Waals surface area contributed by atoms with E-state index in [9.17, 15) is 4.79 Å². The van der Waals surface area contributed by atoms with Crippen LogP contribution in [0.15, 0.2) is 59.1 Å². The molecule has 2 N–H and O–H groups in total. The van der Waals surface area contributed by atoms with E-state index in [-0.39, 0.29) is 11.7 Å². The first-order valence-corrected chi connectivity index (χ1v) is 10.9. The third-order valence-corrected chi connectivity index (χ3v) is 5.83. The van der Waals surface area contributed by atoms with Gasteiger partial charge in [0.25, 0.3) is 0 Å². The third-order valence-electron chi connectivity index (χ3n) is 4.22. The van der Waals surface area contributed by atoms with Crippen LogP contribution in [0.4, 0.5) is 5.13 Å². The Kier molecular flexibility index (Phi) is 5.73. The summed E-state index contributed by atoms with van der Waals surface area (Å²) in [4.78, 5) is 21.2. The molecule has 0 unspecified atom stereocenters. The molecule has 0 fully saturated rings. The van der Waals surface area contributed by atoms with Gasteiger partial charge < -0.3 is 5.32 Å². The van der Waals surface area contributed by atoms with Crippen LogP contribution in [0.2, 0.25) is 0 Å². The molecule has 6 nitrogen and oxygen atoms in total. The lowest BCUT2D eigenvalue weighted by atomic mass is 10.1. The molecular formula is C21H19N5OS2. The molecule has 4 aromatic rings. The van der Waals surface area contributed by atoms with Crippen LogP contribution in [-0.2, 0) is 4.79 Å². The van der Waals surface area contributed by atoms with Crippen LogP contribution in [-0.4, -0.2) is 31.8 Å². The summed E-state index contributed by atoms with van der Waals surface area (Å²) in [5, 5.41) is 13.0. The van der Waals surface area contributed by atoms with E-state index in [1.807, 2.05) is 67.8 Å². The number of hydrogen-bond donors (Lipinski definition) is 2. The van der Waals surface area contributed by atoms with Gasteiger partial charge in [0.15, 0.2) is 11.0 Å². The molecule has 4 rings (SSSR count). The Morgan fingerprint density at radius 3 is 2.34 bits per heavy atom. The number of nitrogens with zero attached hydrogens (tertiary/aromatic N) is 3. The van der Waals surface area contributed by atoms with Crippen molar-refractivity contribution in [1.82, 2.24) is 20.2 Å². The highest BCUT2D eigenvalue weighted by atomic mass is 32.2. The molecule has 2 aromatic carbocycles. The highest BCUT2D eigenvalue weighted by molar-refractivity contribution is 7.99. The number of thioether (sulfide) groups is 1. The van der Waals surface area contributed by atoms with Gasteiger partial charge in [0, 0.05) is 16.5 Å². The number of anilines is 1. The second-order valence-electron chi connectivity index (χ2n) is 6.57. The first kappa shape index (κ1) is 19.4. The number of hydrogen-bond acceptors (Lipinski definition) is 6. The fourth-order valence-electron chi connectivity index (χ4n) is 2.63. The average Bonchev–Trinajstić information content (AvgIpc) is 3.37. The molecule has 2 heterocycles. The summed E-state index contributed by atoms with van der Waals surface area (Å²) in [5.41, 5.74) is 5.24. The fraction of sp³-hybridized carbons (Fsp3) is 0.143. The fourth-order valence-corrected chi connectivity index (χ4v) is 3.96. The molecular weight excluding hydrogens is 402 g/mol. The minimum Gasteiger partial charge on any atom is -0.301 e. The molecule has 0 aliphatic heterocycles. The van der Waals surface area contributed by atoms with Crippen LogP contribution >= 0.6 is 23.1 Å². The molecule has 0 aliphatic rings. The summed E-state index contributed by atoms with van der Waals surface area (Å²) in [6, 6.07) is 16.2. The lowest BCUT2D eigenvalue weighted by molar-refractivity contribution is -0.113. The number of carbonyl (C=O) groups is 1. The lowest BCUT2D eigenvalue weighted by Crippen LogP contribution is -2.13. The molecule has 0 atom stereocenters. The third kappa shape index (κ3) is 4.90. The lowest BCUT2D eigenvalue weighted by Gasteiger charge is -2.00. The Hall–Kier alpha value is -2.97. The monoisotopic (exact) mass is 421 g/mol. The summed E-state index contributed by atoms with van der Waals surface area (Å²) in [6.45, 7) is 4.09. The number of nitrogens with one attached hydrogen (secondary N) is 2. The highest BCUT2D eigenvalue weighted by Crippen LogP contribution is 2.25. The van der Waals surface area contributed by atoms with Crippen LogP contribution in [0.3, 0.4) is 0 Å². The number of amides is 1. The smallest absolute Gasteiger partial charge is 0.236 e. The maximum Gasteiger partial charge on any atom is 0.236 e. The van der Waals surface area contributed by atoms with Crippen LogP contribution in [0, 0.1) is 13.8 Å². The second-order valence-corrected chi connectivity index (χ2v) is 8.37. The van der Waals surface area contributed by atoms with Crippen molar-refractivity contribution in [2.75, 3.05) is 11.1 Å². The number of H-pyrrole nitrogens is 1. The van der Waals surface area contributed by atoms with Gasteiger partial charge in [-0.25, -0.2) is 9.97 Å². The van der Waals surface area contributed by atoms with E-state index in [1.54, 1.807) is 0 Å². The van der Waals surface area contributed by atoms with Crippen molar-refractivity contribution in [3.63, 3.8) is 0 Å². The Morgan fingerprint density at radius 2 is 1.66 bits per heavy atom. The van der Waals surface area contributed by atoms with Crippen molar-refractivity contribution in [2.24, 2.45) is 0 Å². The summed E-state index contributed by atoms with van der Waals surface area (Å²) in [6.07, 6.45) is 0. The molecule has 2 aromatic heterocycles. The van der Waals surface area contributed by atoms with Gasteiger partial charge >= 0.3 is 0 Å². The maximum absolute atomic E-state index is 12.3. The number of aryl methyl sites for hydroxylation is 2. The van der Waals surface area contributed by atoms with Crippen LogP contribution < -0.4 is 5.32 Å². The van der Waals surface area contributed by atoms with Gasteiger partial charge in [0.1, 0.15) is 0 Å². The van der Waals surface area contributed by atoms with Crippen LogP contribution in [0.25, 0.3) is 22.6 Å². The van der Waals surface area contributed by atoms with Crippen molar-refractivity contribution >= 4 is 34.1 Å². The average molecular weight is 422 g/mol. The Labute approximate surface area is 176 Å². The van der Waals surface area contributed by atoms with Gasteiger partial charge in [-0.05, 0) is 13.8 Å². The Bertz CT molecular complexity index is 1120. The number of aromatic amines is 1. The molecule has 0 spiro atoms. The van der Waals surface area contributed by atoms with Gasteiger partial charge in [-0.2, -0.15) is 0 Å². The number of rotatable bonds is 6. The maximum atomic E-state index is 12.3. The number of carbonyl (C=O) groups excluding carboxylic acids is 1. The Balaban J connectivity index is 1.33. The molecule has 29 heavy (non-hydrogen) atoms.